The number of rotatable bonds is 5. The number of amides is 2. The zero-order valence-corrected chi connectivity index (χ0v) is 12.0. The van der Waals surface area contributed by atoms with E-state index in [1.54, 1.807) is 0 Å². The lowest BCUT2D eigenvalue weighted by Gasteiger charge is -2.39. The molecule has 2 atom stereocenters. The molecule has 3 N–H and O–H groups in total. The summed E-state index contributed by atoms with van der Waals surface area (Å²) in [6, 6.07) is 0.208. The molecule has 2 amide bonds. The van der Waals surface area contributed by atoms with E-state index in [2.05, 4.69) is 24.5 Å². The van der Waals surface area contributed by atoms with Gasteiger partial charge in [0.25, 0.3) is 0 Å². The molecule has 0 bridgehead atoms. The molecule has 0 heterocycles. The molecule has 1 saturated carbocycles. The molecule has 18 heavy (non-hydrogen) atoms. The Morgan fingerprint density at radius 3 is 2.78 bits per heavy atom. The normalized spacial score (nSPS) is 24.3. The van der Waals surface area contributed by atoms with Gasteiger partial charge in [-0.05, 0) is 30.6 Å². The lowest BCUT2D eigenvalue weighted by molar-refractivity contribution is 0.165. The van der Waals surface area contributed by atoms with Gasteiger partial charge in [0.05, 0.1) is 0 Å². The van der Waals surface area contributed by atoms with Gasteiger partial charge in [0, 0.05) is 19.2 Å². The first-order valence-electron chi connectivity index (χ1n) is 7.11. The maximum atomic E-state index is 11.8. The lowest BCUT2D eigenvalue weighted by Crippen LogP contribution is -2.50. The summed E-state index contributed by atoms with van der Waals surface area (Å²) in [6.45, 7) is 7.29. The second kappa shape index (κ2) is 6.98. The Hall–Kier alpha value is -0.770. The first-order valence-corrected chi connectivity index (χ1v) is 7.11. The molecule has 1 aliphatic carbocycles. The van der Waals surface area contributed by atoms with Gasteiger partial charge in [0.1, 0.15) is 0 Å². The highest BCUT2D eigenvalue weighted by molar-refractivity contribution is 5.74. The Bertz CT molecular complexity index is 267. The van der Waals surface area contributed by atoms with E-state index in [1.807, 2.05) is 6.92 Å². The van der Waals surface area contributed by atoms with Crippen LogP contribution in [0.4, 0.5) is 4.79 Å². The smallest absolute Gasteiger partial charge is 0.315 e. The average Bonchev–Trinajstić information content (AvgIpc) is 2.30. The van der Waals surface area contributed by atoms with Gasteiger partial charge in [0.2, 0.25) is 0 Å². The van der Waals surface area contributed by atoms with Gasteiger partial charge in [-0.1, -0.05) is 33.6 Å². The van der Waals surface area contributed by atoms with Crippen molar-refractivity contribution in [3.05, 3.63) is 0 Å². The second-order valence-electron chi connectivity index (χ2n) is 6.26. The van der Waals surface area contributed by atoms with Gasteiger partial charge >= 0.3 is 6.03 Å². The third kappa shape index (κ3) is 4.84. The van der Waals surface area contributed by atoms with Crippen molar-refractivity contribution < 1.29 is 9.90 Å². The highest BCUT2D eigenvalue weighted by Crippen LogP contribution is 2.35. The Kier molecular flexibility index (Phi) is 5.93. The maximum absolute atomic E-state index is 11.8. The number of nitrogens with one attached hydrogen (secondary N) is 2. The van der Waals surface area contributed by atoms with Crippen molar-refractivity contribution in [2.24, 2.45) is 11.3 Å². The molecule has 0 radical (unpaired) electrons. The lowest BCUT2D eigenvalue weighted by atomic mass is 9.73. The van der Waals surface area contributed by atoms with E-state index < -0.39 is 0 Å². The Morgan fingerprint density at radius 1 is 1.44 bits per heavy atom. The molecule has 0 aromatic carbocycles. The highest BCUT2D eigenvalue weighted by atomic mass is 16.3. The van der Waals surface area contributed by atoms with E-state index in [0.29, 0.717) is 12.5 Å². The van der Waals surface area contributed by atoms with Gasteiger partial charge in [-0.2, -0.15) is 0 Å². The molecule has 0 aliphatic heterocycles. The summed E-state index contributed by atoms with van der Waals surface area (Å²) in [5.74, 6) is 0.320. The van der Waals surface area contributed by atoms with Gasteiger partial charge in [-0.3, -0.25) is 0 Å². The minimum Gasteiger partial charge on any atom is -0.396 e. The van der Waals surface area contributed by atoms with E-state index in [0.717, 1.165) is 12.8 Å². The van der Waals surface area contributed by atoms with E-state index in [4.69, 9.17) is 5.11 Å². The molecule has 0 spiro atoms. The quantitative estimate of drug-likeness (QED) is 0.706. The minimum atomic E-state index is -0.0697. The minimum absolute atomic E-state index is 0.0697. The van der Waals surface area contributed by atoms with Gasteiger partial charge in [0.15, 0.2) is 0 Å². The molecular formula is C14H28N2O2. The van der Waals surface area contributed by atoms with Crippen molar-refractivity contribution in [1.82, 2.24) is 10.6 Å². The summed E-state index contributed by atoms with van der Waals surface area (Å²) in [7, 11) is 0. The van der Waals surface area contributed by atoms with Gasteiger partial charge in [-0.15, -0.1) is 0 Å². The van der Waals surface area contributed by atoms with Crippen molar-refractivity contribution in [2.75, 3.05) is 13.2 Å². The fourth-order valence-electron chi connectivity index (χ4n) is 2.56. The van der Waals surface area contributed by atoms with Crippen molar-refractivity contribution in [3.63, 3.8) is 0 Å². The molecule has 4 heteroatoms. The number of aliphatic hydroxyl groups is 1. The van der Waals surface area contributed by atoms with Crippen LogP contribution in [0.5, 0.6) is 0 Å². The predicted octanol–water partition coefficient (Wildman–Crippen LogP) is 2.27. The predicted molar refractivity (Wildman–Crippen MR) is 73.4 cm³/mol. The summed E-state index contributed by atoms with van der Waals surface area (Å²) >= 11 is 0. The van der Waals surface area contributed by atoms with Crippen LogP contribution < -0.4 is 10.6 Å². The molecule has 0 aromatic heterocycles. The average molecular weight is 256 g/mol. The van der Waals surface area contributed by atoms with Crippen LogP contribution in [0.1, 0.15) is 52.9 Å². The van der Waals surface area contributed by atoms with Crippen LogP contribution in [-0.4, -0.2) is 30.3 Å². The van der Waals surface area contributed by atoms with E-state index in [1.165, 1.54) is 19.3 Å². The van der Waals surface area contributed by atoms with Crippen LogP contribution in [-0.2, 0) is 0 Å². The standard InChI is InChI=1S/C14H28N2O2/c1-11(7-9-17)10-15-13(18)16-12-6-4-5-8-14(12,2)3/h11-12,17H,4-10H2,1-3H3,(H2,15,16,18). The molecule has 0 aromatic rings. The first kappa shape index (κ1) is 15.3. The molecule has 0 saturated heterocycles. The Balaban J connectivity index is 2.30. The van der Waals surface area contributed by atoms with Crippen molar-refractivity contribution >= 4 is 6.03 Å². The molecule has 4 nitrogen and oxygen atoms in total. The van der Waals surface area contributed by atoms with Gasteiger partial charge in [-0.25, -0.2) is 4.79 Å². The number of aliphatic hydroxyl groups excluding tert-OH is 1. The molecule has 1 rings (SSSR count). The monoisotopic (exact) mass is 256 g/mol. The summed E-state index contributed by atoms with van der Waals surface area (Å²) in [5.41, 5.74) is 0.201. The fraction of sp³-hybridized carbons (Fsp3) is 0.929. The number of urea groups is 1. The van der Waals surface area contributed by atoms with E-state index in [9.17, 15) is 4.79 Å². The van der Waals surface area contributed by atoms with Crippen LogP contribution in [0.25, 0.3) is 0 Å². The summed E-state index contributed by atoms with van der Waals surface area (Å²) in [6.07, 6.45) is 5.45. The molecule has 106 valence electrons. The number of carbonyl (C=O) groups is 1. The summed E-state index contributed by atoms with van der Waals surface area (Å²) in [4.78, 5) is 11.8. The maximum Gasteiger partial charge on any atom is 0.315 e. The van der Waals surface area contributed by atoms with Crippen LogP contribution in [0.2, 0.25) is 0 Å². The van der Waals surface area contributed by atoms with Crippen molar-refractivity contribution in [3.8, 4) is 0 Å². The third-order valence-corrected chi connectivity index (χ3v) is 4.05. The number of hydrogen-bond acceptors (Lipinski definition) is 2. The van der Waals surface area contributed by atoms with Crippen LogP contribution >= 0.6 is 0 Å². The SMILES string of the molecule is CC(CCO)CNC(=O)NC1CCCCC1(C)C. The Labute approximate surface area is 111 Å². The van der Waals surface area contributed by atoms with E-state index >= 15 is 0 Å². The summed E-state index contributed by atoms with van der Waals surface area (Å²) < 4.78 is 0. The molecule has 2 unspecified atom stereocenters. The van der Waals surface area contributed by atoms with E-state index in [-0.39, 0.29) is 24.1 Å². The molecule has 1 fully saturated rings. The number of carbonyl (C=O) groups excluding carboxylic acids is 1. The number of hydrogen-bond donors (Lipinski definition) is 3. The zero-order chi connectivity index (χ0) is 13.6. The summed E-state index contributed by atoms with van der Waals surface area (Å²) in [5, 5.41) is 14.8. The second-order valence-corrected chi connectivity index (χ2v) is 6.26. The van der Waals surface area contributed by atoms with Crippen molar-refractivity contribution in [2.45, 2.75) is 58.9 Å². The highest BCUT2D eigenvalue weighted by Gasteiger charge is 2.33. The zero-order valence-electron chi connectivity index (χ0n) is 12.0. The Morgan fingerprint density at radius 2 is 2.17 bits per heavy atom. The molecular weight excluding hydrogens is 228 g/mol. The topological polar surface area (TPSA) is 61.4 Å². The third-order valence-electron chi connectivity index (χ3n) is 4.05. The van der Waals surface area contributed by atoms with Gasteiger partial charge < -0.3 is 15.7 Å². The van der Waals surface area contributed by atoms with Crippen LogP contribution in [0.3, 0.4) is 0 Å². The fourth-order valence-corrected chi connectivity index (χ4v) is 2.56. The largest absolute Gasteiger partial charge is 0.396 e. The van der Waals surface area contributed by atoms with Crippen LogP contribution in [0.15, 0.2) is 0 Å². The van der Waals surface area contributed by atoms with Crippen molar-refractivity contribution in [1.29, 1.82) is 0 Å². The molecule has 1 aliphatic rings. The first-order chi connectivity index (χ1) is 8.45. The van der Waals surface area contributed by atoms with Crippen LogP contribution in [0, 0.1) is 11.3 Å².